The lowest BCUT2D eigenvalue weighted by Gasteiger charge is -2.23. The van der Waals surface area contributed by atoms with Crippen molar-refractivity contribution in [2.24, 2.45) is 0 Å². The van der Waals surface area contributed by atoms with E-state index in [0.29, 0.717) is 10.6 Å². The van der Waals surface area contributed by atoms with Crippen molar-refractivity contribution in [3.63, 3.8) is 0 Å². The molecule has 140 valence electrons. The summed E-state index contributed by atoms with van der Waals surface area (Å²) in [6.45, 7) is 3.65. The van der Waals surface area contributed by atoms with Gasteiger partial charge in [0.05, 0.1) is 10.5 Å². The Labute approximate surface area is 166 Å². The van der Waals surface area contributed by atoms with Gasteiger partial charge in [0.1, 0.15) is 0 Å². The van der Waals surface area contributed by atoms with Crippen LogP contribution in [0.25, 0.3) is 22.7 Å². The van der Waals surface area contributed by atoms with Crippen molar-refractivity contribution in [3.05, 3.63) is 68.8 Å². The molecule has 27 heavy (non-hydrogen) atoms. The van der Waals surface area contributed by atoms with Crippen molar-refractivity contribution in [2.45, 2.75) is 19.9 Å². The standard InChI is InChI=1S/C21H18Cl2F2N2/c1-12(14-8-18(24)19(25)9-17(14)23)10-27-20-4-3-13(22)7-15(20)16-11-26(2)6-5-21(16)27/h3-4,7-10H,5-6,11H2,1-2H3. The first-order valence-corrected chi connectivity index (χ1v) is 9.44. The Morgan fingerprint density at radius 1 is 1.11 bits per heavy atom. The SMILES string of the molecule is CC(=Cn1c2c(c3cc(Cl)ccc31)CN(C)CC2)c1cc(F)c(F)cc1Cl. The van der Waals surface area contributed by atoms with Gasteiger partial charge in [0.25, 0.3) is 0 Å². The molecule has 4 rings (SSSR count). The van der Waals surface area contributed by atoms with Crippen molar-refractivity contribution in [1.82, 2.24) is 9.47 Å². The molecular formula is C21H18Cl2F2N2. The molecule has 0 radical (unpaired) electrons. The van der Waals surface area contributed by atoms with Gasteiger partial charge in [0.2, 0.25) is 0 Å². The molecule has 0 N–H and O–H groups in total. The molecule has 0 saturated heterocycles. The van der Waals surface area contributed by atoms with E-state index in [1.807, 2.05) is 31.3 Å². The Morgan fingerprint density at radius 3 is 2.63 bits per heavy atom. The number of fused-ring (bicyclic) bond motifs is 3. The zero-order valence-electron chi connectivity index (χ0n) is 15.0. The maximum Gasteiger partial charge on any atom is 0.160 e. The average Bonchev–Trinajstić information content (AvgIpc) is 2.90. The largest absolute Gasteiger partial charge is 0.320 e. The first-order valence-electron chi connectivity index (χ1n) is 8.68. The molecule has 0 spiro atoms. The van der Waals surface area contributed by atoms with Crippen molar-refractivity contribution in [1.29, 1.82) is 0 Å². The highest BCUT2D eigenvalue weighted by molar-refractivity contribution is 6.32. The molecule has 0 atom stereocenters. The highest BCUT2D eigenvalue weighted by atomic mass is 35.5. The van der Waals surface area contributed by atoms with Gasteiger partial charge in [-0.3, -0.25) is 0 Å². The van der Waals surface area contributed by atoms with Crippen LogP contribution in [0.2, 0.25) is 10.0 Å². The summed E-state index contributed by atoms with van der Waals surface area (Å²) in [6.07, 6.45) is 2.84. The van der Waals surface area contributed by atoms with Crippen LogP contribution in [-0.4, -0.2) is 23.1 Å². The summed E-state index contributed by atoms with van der Waals surface area (Å²) in [6, 6.07) is 8.00. The maximum atomic E-state index is 13.7. The summed E-state index contributed by atoms with van der Waals surface area (Å²) < 4.78 is 29.3. The molecule has 0 amide bonds. The molecule has 1 aliphatic rings. The van der Waals surface area contributed by atoms with Gasteiger partial charge in [-0.15, -0.1) is 0 Å². The summed E-state index contributed by atoms with van der Waals surface area (Å²) in [5, 5.41) is 2.00. The van der Waals surface area contributed by atoms with E-state index in [0.717, 1.165) is 48.1 Å². The van der Waals surface area contributed by atoms with Crippen LogP contribution in [0.3, 0.4) is 0 Å². The van der Waals surface area contributed by atoms with Crippen LogP contribution in [0.4, 0.5) is 8.78 Å². The summed E-state index contributed by atoms with van der Waals surface area (Å²) in [5.41, 5.74) is 4.74. The van der Waals surface area contributed by atoms with Crippen molar-refractivity contribution >= 4 is 45.9 Å². The topological polar surface area (TPSA) is 8.17 Å². The van der Waals surface area contributed by atoms with Gasteiger partial charge >= 0.3 is 0 Å². The third kappa shape index (κ3) is 3.27. The summed E-state index contributed by atoms with van der Waals surface area (Å²) in [4.78, 5) is 2.27. The molecule has 0 saturated carbocycles. The summed E-state index contributed by atoms with van der Waals surface area (Å²) in [5.74, 6) is -1.85. The van der Waals surface area contributed by atoms with Gasteiger partial charge in [-0.05, 0) is 55.4 Å². The fraction of sp³-hybridized carbons (Fsp3) is 0.238. The Morgan fingerprint density at radius 2 is 1.85 bits per heavy atom. The molecule has 2 aromatic carbocycles. The van der Waals surface area contributed by atoms with Gasteiger partial charge in [-0.1, -0.05) is 23.2 Å². The number of benzene rings is 2. The Bertz CT molecular complexity index is 1090. The Balaban J connectivity index is 1.92. The number of aromatic nitrogens is 1. The second-order valence-corrected chi connectivity index (χ2v) is 7.85. The molecule has 1 aliphatic heterocycles. The van der Waals surface area contributed by atoms with E-state index < -0.39 is 11.6 Å². The number of hydrogen-bond acceptors (Lipinski definition) is 1. The minimum absolute atomic E-state index is 0.191. The molecule has 0 aliphatic carbocycles. The number of rotatable bonds is 2. The first kappa shape index (κ1) is 18.5. The average molecular weight is 407 g/mol. The van der Waals surface area contributed by atoms with E-state index in [-0.39, 0.29) is 5.02 Å². The number of allylic oxidation sites excluding steroid dienone is 1. The Kier molecular flexibility index (Phi) is 4.75. The summed E-state index contributed by atoms with van der Waals surface area (Å²) >= 11 is 12.4. The first-order chi connectivity index (χ1) is 12.8. The fourth-order valence-electron chi connectivity index (χ4n) is 3.74. The van der Waals surface area contributed by atoms with E-state index in [1.54, 1.807) is 0 Å². The van der Waals surface area contributed by atoms with Gasteiger partial charge in [0.15, 0.2) is 11.6 Å². The van der Waals surface area contributed by atoms with Gasteiger partial charge in [0, 0.05) is 47.4 Å². The van der Waals surface area contributed by atoms with Gasteiger partial charge < -0.3 is 9.47 Å². The summed E-state index contributed by atoms with van der Waals surface area (Å²) in [7, 11) is 2.10. The predicted octanol–water partition coefficient (Wildman–Crippen LogP) is 6.23. The Hall–Kier alpha value is -1.88. The van der Waals surface area contributed by atoms with Crippen molar-refractivity contribution < 1.29 is 8.78 Å². The molecular weight excluding hydrogens is 389 g/mol. The monoisotopic (exact) mass is 406 g/mol. The smallest absolute Gasteiger partial charge is 0.160 e. The zero-order valence-corrected chi connectivity index (χ0v) is 16.5. The fourth-order valence-corrected chi connectivity index (χ4v) is 4.21. The molecule has 6 heteroatoms. The van der Waals surface area contributed by atoms with E-state index in [1.165, 1.54) is 11.3 Å². The molecule has 3 aromatic rings. The molecule has 1 aromatic heterocycles. The van der Waals surface area contributed by atoms with E-state index in [2.05, 4.69) is 16.5 Å². The van der Waals surface area contributed by atoms with Gasteiger partial charge in [-0.25, -0.2) is 8.78 Å². The molecule has 2 heterocycles. The predicted molar refractivity (Wildman–Crippen MR) is 108 cm³/mol. The normalized spacial score (nSPS) is 15.4. The van der Waals surface area contributed by atoms with Crippen LogP contribution in [0, 0.1) is 11.6 Å². The molecule has 0 bridgehead atoms. The van der Waals surface area contributed by atoms with E-state index in [4.69, 9.17) is 23.2 Å². The van der Waals surface area contributed by atoms with Crippen molar-refractivity contribution in [2.75, 3.05) is 13.6 Å². The lowest BCUT2D eigenvalue weighted by molar-refractivity contribution is 0.312. The highest BCUT2D eigenvalue weighted by Crippen LogP contribution is 2.34. The minimum atomic E-state index is -0.946. The van der Waals surface area contributed by atoms with Crippen LogP contribution < -0.4 is 0 Å². The van der Waals surface area contributed by atoms with Gasteiger partial charge in [-0.2, -0.15) is 0 Å². The molecule has 2 nitrogen and oxygen atoms in total. The lowest BCUT2D eigenvalue weighted by atomic mass is 10.0. The van der Waals surface area contributed by atoms with Crippen LogP contribution in [0.5, 0.6) is 0 Å². The van der Waals surface area contributed by atoms with Crippen LogP contribution in [-0.2, 0) is 13.0 Å². The number of likely N-dealkylation sites (N-methyl/N-ethyl adjacent to an activating group) is 1. The third-order valence-corrected chi connectivity index (χ3v) is 5.65. The lowest BCUT2D eigenvalue weighted by Crippen LogP contribution is -2.26. The minimum Gasteiger partial charge on any atom is -0.320 e. The second-order valence-electron chi connectivity index (χ2n) is 7.00. The van der Waals surface area contributed by atoms with E-state index in [9.17, 15) is 8.78 Å². The van der Waals surface area contributed by atoms with Crippen LogP contribution in [0.15, 0.2) is 30.3 Å². The molecule has 0 fully saturated rings. The zero-order chi connectivity index (χ0) is 19.3. The number of nitrogens with zero attached hydrogens (tertiary/aromatic N) is 2. The van der Waals surface area contributed by atoms with Crippen LogP contribution in [0.1, 0.15) is 23.7 Å². The quantitative estimate of drug-likeness (QED) is 0.457. The van der Waals surface area contributed by atoms with E-state index >= 15 is 0 Å². The molecule has 0 unspecified atom stereocenters. The van der Waals surface area contributed by atoms with Crippen molar-refractivity contribution in [3.8, 4) is 0 Å². The number of hydrogen-bond donors (Lipinski definition) is 0. The number of halogens is 4. The highest BCUT2D eigenvalue weighted by Gasteiger charge is 2.22. The second kappa shape index (κ2) is 6.93. The van der Waals surface area contributed by atoms with Crippen LogP contribution >= 0.6 is 23.2 Å². The third-order valence-electron chi connectivity index (χ3n) is 5.10. The maximum absolute atomic E-state index is 13.7.